The maximum atomic E-state index is 5.67. The molecule has 2 aromatic rings. The maximum Gasteiger partial charge on any atom is 0.130 e. The van der Waals surface area contributed by atoms with Gasteiger partial charge >= 0.3 is 0 Å². The molecule has 0 bridgehead atoms. The molecule has 2 heterocycles. The smallest absolute Gasteiger partial charge is 0.130 e. The summed E-state index contributed by atoms with van der Waals surface area (Å²) in [6.45, 7) is 0.935. The highest BCUT2D eigenvalue weighted by Gasteiger charge is 2.15. The lowest BCUT2D eigenvalue weighted by atomic mass is 10.1. The van der Waals surface area contributed by atoms with E-state index in [-0.39, 0.29) is 0 Å². The number of anilines is 1. The zero-order valence-corrected chi connectivity index (χ0v) is 12.6. The number of benzene rings is 1. The van der Waals surface area contributed by atoms with Gasteiger partial charge < -0.3 is 10.1 Å². The van der Waals surface area contributed by atoms with Crippen LogP contribution in [0, 0.1) is 0 Å². The van der Waals surface area contributed by atoms with Gasteiger partial charge in [0.05, 0.1) is 11.6 Å². The molecule has 3 nitrogen and oxygen atoms in total. The Bertz CT molecular complexity index is 582. The molecule has 1 aromatic heterocycles. The van der Waals surface area contributed by atoms with Crippen molar-refractivity contribution in [1.82, 2.24) is 4.98 Å². The molecule has 106 valence electrons. The fraction of sp³-hybridized carbons (Fsp3) is 0.438. The first kappa shape index (κ1) is 13.7. The minimum absolute atomic E-state index is 0.450. The number of nitrogens with one attached hydrogen (secondary N) is 1. The Kier molecular flexibility index (Phi) is 4.43. The third-order valence-corrected chi connectivity index (χ3v) is 4.75. The second kappa shape index (κ2) is 6.46. The van der Waals surface area contributed by atoms with Gasteiger partial charge in [0.2, 0.25) is 0 Å². The molecule has 1 aliphatic rings. The van der Waals surface area contributed by atoms with E-state index in [4.69, 9.17) is 4.74 Å². The molecule has 1 fully saturated rings. The van der Waals surface area contributed by atoms with Gasteiger partial charge in [0, 0.05) is 36.1 Å². The molecule has 0 amide bonds. The lowest BCUT2D eigenvalue weighted by Crippen LogP contribution is -2.08. The summed E-state index contributed by atoms with van der Waals surface area (Å²) in [4.78, 5) is 4.69. The minimum atomic E-state index is 0.450. The molecule has 1 saturated heterocycles. The number of aromatic nitrogens is 1. The van der Waals surface area contributed by atoms with Gasteiger partial charge in [0.1, 0.15) is 5.82 Å². The number of thioether (sulfide) groups is 1. The fourth-order valence-electron chi connectivity index (χ4n) is 2.56. The standard InChI is InChI=1S/C16H20N2OS/c1-17-16-13(10-20-11-14-6-4-8-19-14)9-12-5-2-3-7-15(12)18-16/h2-3,5,7,9,14H,4,6,8,10-11H2,1H3,(H,17,18). The topological polar surface area (TPSA) is 34.2 Å². The summed E-state index contributed by atoms with van der Waals surface area (Å²) in [6, 6.07) is 10.5. The van der Waals surface area contributed by atoms with Crippen molar-refractivity contribution in [3.05, 3.63) is 35.9 Å². The van der Waals surface area contributed by atoms with Crippen LogP contribution in [0.15, 0.2) is 30.3 Å². The Balaban J connectivity index is 1.72. The largest absolute Gasteiger partial charge is 0.377 e. The Morgan fingerprint density at radius 3 is 3.10 bits per heavy atom. The van der Waals surface area contributed by atoms with Gasteiger partial charge in [-0.25, -0.2) is 4.98 Å². The van der Waals surface area contributed by atoms with Crippen LogP contribution in [0.25, 0.3) is 10.9 Å². The van der Waals surface area contributed by atoms with Gasteiger partial charge in [0.25, 0.3) is 0 Å². The highest BCUT2D eigenvalue weighted by Crippen LogP contribution is 2.26. The monoisotopic (exact) mass is 288 g/mol. The van der Waals surface area contributed by atoms with Gasteiger partial charge in [-0.1, -0.05) is 18.2 Å². The van der Waals surface area contributed by atoms with Gasteiger partial charge in [-0.2, -0.15) is 11.8 Å². The number of rotatable bonds is 5. The van der Waals surface area contributed by atoms with Crippen LogP contribution in [0.2, 0.25) is 0 Å². The molecule has 0 aliphatic carbocycles. The van der Waals surface area contributed by atoms with Crippen molar-refractivity contribution in [2.75, 3.05) is 24.7 Å². The van der Waals surface area contributed by atoms with E-state index >= 15 is 0 Å². The van der Waals surface area contributed by atoms with Crippen molar-refractivity contribution in [1.29, 1.82) is 0 Å². The average Bonchev–Trinajstić information content (AvgIpc) is 3.00. The summed E-state index contributed by atoms with van der Waals surface area (Å²) >= 11 is 1.94. The van der Waals surface area contributed by atoms with E-state index in [1.807, 2.05) is 24.9 Å². The quantitative estimate of drug-likeness (QED) is 0.910. The first-order chi connectivity index (χ1) is 9.86. The van der Waals surface area contributed by atoms with Crippen molar-refractivity contribution >= 4 is 28.5 Å². The molecule has 0 radical (unpaired) electrons. The summed E-state index contributed by atoms with van der Waals surface area (Å²) < 4.78 is 5.67. The molecule has 1 aromatic carbocycles. The molecule has 3 rings (SSSR count). The Morgan fingerprint density at radius 1 is 1.40 bits per heavy atom. The second-order valence-electron chi connectivity index (χ2n) is 5.09. The van der Waals surface area contributed by atoms with E-state index in [2.05, 4.69) is 34.6 Å². The van der Waals surface area contributed by atoms with E-state index in [9.17, 15) is 0 Å². The molecular formula is C16H20N2OS. The highest BCUT2D eigenvalue weighted by atomic mass is 32.2. The molecule has 20 heavy (non-hydrogen) atoms. The number of hydrogen-bond donors (Lipinski definition) is 1. The number of para-hydroxylation sites is 1. The third kappa shape index (κ3) is 3.07. The molecule has 1 atom stereocenters. The van der Waals surface area contributed by atoms with Crippen molar-refractivity contribution in [2.45, 2.75) is 24.7 Å². The molecular weight excluding hydrogens is 268 g/mol. The summed E-state index contributed by atoms with van der Waals surface area (Å²) in [5.41, 5.74) is 2.32. The van der Waals surface area contributed by atoms with Crippen molar-refractivity contribution < 1.29 is 4.74 Å². The Morgan fingerprint density at radius 2 is 2.30 bits per heavy atom. The number of nitrogens with zero attached hydrogens (tertiary/aromatic N) is 1. The number of fused-ring (bicyclic) bond motifs is 1. The van der Waals surface area contributed by atoms with E-state index < -0.39 is 0 Å². The normalized spacial score (nSPS) is 18.6. The highest BCUT2D eigenvalue weighted by molar-refractivity contribution is 7.98. The first-order valence-electron chi connectivity index (χ1n) is 7.12. The molecule has 4 heteroatoms. The Labute approximate surface area is 124 Å². The van der Waals surface area contributed by atoms with E-state index in [0.29, 0.717) is 6.10 Å². The van der Waals surface area contributed by atoms with Crippen LogP contribution >= 0.6 is 11.8 Å². The average molecular weight is 288 g/mol. The van der Waals surface area contributed by atoms with Crippen LogP contribution in [0.5, 0.6) is 0 Å². The minimum Gasteiger partial charge on any atom is -0.377 e. The third-order valence-electron chi connectivity index (χ3n) is 3.63. The van der Waals surface area contributed by atoms with Crippen molar-refractivity contribution in [3.8, 4) is 0 Å². The molecule has 0 spiro atoms. The summed E-state index contributed by atoms with van der Waals surface area (Å²) in [7, 11) is 1.94. The van der Waals surface area contributed by atoms with Gasteiger partial charge in [-0.3, -0.25) is 0 Å². The van der Waals surface area contributed by atoms with Gasteiger partial charge in [-0.15, -0.1) is 0 Å². The van der Waals surface area contributed by atoms with Crippen LogP contribution in [0.1, 0.15) is 18.4 Å². The lowest BCUT2D eigenvalue weighted by Gasteiger charge is -2.12. The van der Waals surface area contributed by atoms with Crippen LogP contribution in [-0.2, 0) is 10.5 Å². The molecule has 1 N–H and O–H groups in total. The first-order valence-corrected chi connectivity index (χ1v) is 8.28. The van der Waals surface area contributed by atoms with Crippen LogP contribution in [-0.4, -0.2) is 30.5 Å². The molecule has 1 unspecified atom stereocenters. The lowest BCUT2D eigenvalue weighted by molar-refractivity contribution is 0.129. The van der Waals surface area contributed by atoms with E-state index in [0.717, 1.165) is 29.4 Å². The summed E-state index contributed by atoms with van der Waals surface area (Å²) in [5.74, 6) is 3.05. The van der Waals surface area contributed by atoms with Crippen LogP contribution < -0.4 is 5.32 Å². The van der Waals surface area contributed by atoms with Gasteiger partial charge in [0.15, 0.2) is 0 Å². The van der Waals surface area contributed by atoms with Crippen molar-refractivity contribution in [3.63, 3.8) is 0 Å². The zero-order valence-electron chi connectivity index (χ0n) is 11.8. The van der Waals surface area contributed by atoms with E-state index in [1.165, 1.54) is 23.8 Å². The maximum absolute atomic E-state index is 5.67. The second-order valence-corrected chi connectivity index (χ2v) is 6.12. The number of ether oxygens (including phenoxy) is 1. The van der Waals surface area contributed by atoms with Crippen LogP contribution in [0.3, 0.4) is 0 Å². The SMILES string of the molecule is CNc1nc2ccccc2cc1CSCC1CCCO1. The number of hydrogen-bond acceptors (Lipinski definition) is 4. The summed E-state index contributed by atoms with van der Waals surface area (Å²) in [6.07, 6.45) is 2.87. The van der Waals surface area contributed by atoms with Crippen LogP contribution in [0.4, 0.5) is 5.82 Å². The fourth-order valence-corrected chi connectivity index (χ4v) is 3.65. The van der Waals surface area contributed by atoms with Gasteiger partial charge in [-0.05, 0) is 25.0 Å². The molecule has 0 saturated carbocycles. The number of pyridine rings is 1. The van der Waals surface area contributed by atoms with Crippen molar-refractivity contribution in [2.24, 2.45) is 0 Å². The summed E-state index contributed by atoms with van der Waals surface area (Å²) in [5, 5.41) is 4.42. The Hall–Kier alpha value is -1.26. The van der Waals surface area contributed by atoms with E-state index in [1.54, 1.807) is 0 Å². The zero-order chi connectivity index (χ0) is 13.8. The molecule has 1 aliphatic heterocycles. The predicted octanol–water partition coefficient (Wildman–Crippen LogP) is 3.69. The predicted molar refractivity (Wildman–Crippen MR) is 86.4 cm³/mol.